The number of thiazole rings is 1. The van der Waals surface area contributed by atoms with Gasteiger partial charge in [0.05, 0.1) is 15.4 Å². The highest BCUT2D eigenvalue weighted by atomic mass is 79.9. The Labute approximate surface area is 120 Å². The molecule has 1 heterocycles. The average Bonchev–Trinajstić information content (AvgIpc) is 2.86. The minimum absolute atomic E-state index is 0.0617. The first-order chi connectivity index (χ1) is 8.99. The Balaban J connectivity index is 2.33. The SMILES string of the molecule is CC(Nc1cc(F)c(Br)cc1[N+](=O)[O-])c1nccs1. The van der Waals surface area contributed by atoms with E-state index in [0.29, 0.717) is 0 Å². The minimum Gasteiger partial charge on any atom is -0.370 e. The second kappa shape index (κ2) is 5.62. The fraction of sp³-hybridized carbons (Fsp3) is 0.182. The van der Waals surface area contributed by atoms with Gasteiger partial charge in [-0.2, -0.15) is 0 Å². The summed E-state index contributed by atoms with van der Waals surface area (Å²) < 4.78 is 13.6. The Morgan fingerprint density at radius 1 is 1.58 bits per heavy atom. The molecule has 0 bridgehead atoms. The maximum Gasteiger partial charge on any atom is 0.293 e. The molecule has 19 heavy (non-hydrogen) atoms. The molecule has 1 atom stereocenters. The summed E-state index contributed by atoms with van der Waals surface area (Å²) in [5.41, 5.74) is -0.0509. The second-order valence-electron chi connectivity index (χ2n) is 3.78. The zero-order valence-corrected chi connectivity index (χ0v) is 12.2. The fourth-order valence-electron chi connectivity index (χ4n) is 1.55. The number of hydrogen-bond acceptors (Lipinski definition) is 5. The van der Waals surface area contributed by atoms with Gasteiger partial charge >= 0.3 is 0 Å². The number of benzene rings is 1. The smallest absolute Gasteiger partial charge is 0.293 e. The first-order valence-corrected chi connectivity index (χ1v) is 6.95. The van der Waals surface area contributed by atoms with Gasteiger partial charge in [-0.15, -0.1) is 11.3 Å². The highest BCUT2D eigenvalue weighted by Crippen LogP contribution is 2.33. The first kappa shape index (κ1) is 13.9. The summed E-state index contributed by atoms with van der Waals surface area (Å²) in [6, 6.07) is 2.01. The number of anilines is 1. The van der Waals surface area contributed by atoms with E-state index in [1.165, 1.54) is 11.3 Å². The molecular weight excluding hydrogens is 337 g/mol. The maximum absolute atomic E-state index is 13.5. The highest BCUT2D eigenvalue weighted by Gasteiger charge is 2.20. The third-order valence-corrected chi connectivity index (χ3v) is 4.00. The summed E-state index contributed by atoms with van der Waals surface area (Å²) in [4.78, 5) is 14.5. The lowest BCUT2D eigenvalue weighted by molar-refractivity contribution is -0.384. The predicted octanol–water partition coefficient (Wildman–Crippen LogP) is 4.13. The molecule has 0 spiro atoms. The average molecular weight is 346 g/mol. The summed E-state index contributed by atoms with van der Waals surface area (Å²) in [7, 11) is 0. The van der Waals surface area contributed by atoms with Crippen molar-refractivity contribution < 1.29 is 9.31 Å². The van der Waals surface area contributed by atoms with E-state index in [1.807, 2.05) is 12.3 Å². The zero-order valence-electron chi connectivity index (χ0n) is 9.76. The van der Waals surface area contributed by atoms with E-state index in [0.717, 1.165) is 17.1 Å². The van der Waals surface area contributed by atoms with Crippen molar-refractivity contribution in [2.24, 2.45) is 0 Å². The summed E-state index contributed by atoms with van der Waals surface area (Å²) in [5.74, 6) is -0.556. The van der Waals surface area contributed by atoms with E-state index in [1.54, 1.807) is 6.20 Å². The monoisotopic (exact) mass is 345 g/mol. The Kier molecular flexibility index (Phi) is 4.11. The lowest BCUT2D eigenvalue weighted by atomic mass is 10.2. The highest BCUT2D eigenvalue weighted by molar-refractivity contribution is 9.10. The van der Waals surface area contributed by atoms with Crippen molar-refractivity contribution in [2.75, 3.05) is 5.32 Å². The van der Waals surface area contributed by atoms with Crippen molar-refractivity contribution in [3.05, 3.63) is 49.1 Å². The van der Waals surface area contributed by atoms with Crippen LogP contribution in [0.25, 0.3) is 0 Å². The van der Waals surface area contributed by atoms with Gasteiger partial charge in [-0.05, 0) is 22.9 Å². The summed E-state index contributed by atoms with van der Waals surface area (Å²) >= 11 is 4.36. The molecular formula is C11H9BrFN3O2S. The first-order valence-electron chi connectivity index (χ1n) is 5.28. The Bertz CT molecular complexity index is 606. The topological polar surface area (TPSA) is 68.1 Å². The molecule has 0 saturated carbocycles. The molecule has 1 N–H and O–H groups in total. The fourth-order valence-corrected chi connectivity index (χ4v) is 2.52. The van der Waals surface area contributed by atoms with Crippen LogP contribution in [0.5, 0.6) is 0 Å². The van der Waals surface area contributed by atoms with E-state index in [2.05, 4.69) is 26.2 Å². The van der Waals surface area contributed by atoms with Crippen LogP contribution in [0.4, 0.5) is 15.8 Å². The van der Waals surface area contributed by atoms with E-state index >= 15 is 0 Å². The summed E-state index contributed by atoms with van der Waals surface area (Å²) in [5, 5.41) is 16.5. The third kappa shape index (κ3) is 3.07. The van der Waals surface area contributed by atoms with E-state index in [4.69, 9.17) is 0 Å². The molecule has 1 aromatic heterocycles. The molecule has 2 rings (SSSR count). The number of aromatic nitrogens is 1. The number of nitrogens with zero attached hydrogens (tertiary/aromatic N) is 2. The number of nitro benzene ring substituents is 1. The third-order valence-electron chi connectivity index (χ3n) is 2.43. The van der Waals surface area contributed by atoms with E-state index < -0.39 is 10.7 Å². The standard InChI is InChI=1S/C11H9BrFN3O2S/c1-6(11-14-2-3-19-11)15-9-5-8(13)7(12)4-10(9)16(17)18/h2-6,15H,1H3. The van der Waals surface area contributed by atoms with Crippen molar-refractivity contribution in [3.63, 3.8) is 0 Å². The van der Waals surface area contributed by atoms with Gasteiger partial charge in [0.2, 0.25) is 0 Å². The number of nitro groups is 1. The molecule has 0 aliphatic heterocycles. The van der Waals surface area contributed by atoms with Crippen LogP contribution in [-0.2, 0) is 0 Å². The zero-order chi connectivity index (χ0) is 14.0. The van der Waals surface area contributed by atoms with Crippen LogP contribution in [0.3, 0.4) is 0 Å². The number of rotatable bonds is 4. The minimum atomic E-state index is -0.556. The molecule has 0 aliphatic rings. The van der Waals surface area contributed by atoms with Crippen LogP contribution in [0.2, 0.25) is 0 Å². The Hall–Kier alpha value is -1.54. The maximum atomic E-state index is 13.5. The summed E-state index contributed by atoms with van der Waals surface area (Å²) in [6.45, 7) is 1.81. The lowest BCUT2D eigenvalue weighted by Crippen LogP contribution is -2.08. The molecule has 2 aromatic rings. The number of halogens is 2. The summed E-state index contributed by atoms with van der Waals surface area (Å²) in [6.07, 6.45) is 1.65. The quantitative estimate of drug-likeness (QED) is 0.668. The lowest BCUT2D eigenvalue weighted by Gasteiger charge is -2.13. The van der Waals surface area contributed by atoms with Crippen LogP contribution in [0, 0.1) is 15.9 Å². The van der Waals surface area contributed by atoms with Crippen molar-refractivity contribution in [1.82, 2.24) is 4.98 Å². The molecule has 8 heteroatoms. The molecule has 0 saturated heterocycles. The van der Waals surface area contributed by atoms with Gasteiger partial charge in [-0.3, -0.25) is 10.1 Å². The molecule has 100 valence electrons. The molecule has 0 amide bonds. The normalized spacial score (nSPS) is 12.2. The predicted molar refractivity (Wildman–Crippen MR) is 74.9 cm³/mol. The van der Waals surface area contributed by atoms with Gasteiger partial charge in [0, 0.05) is 23.7 Å². The van der Waals surface area contributed by atoms with Crippen LogP contribution in [-0.4, -0.2) is 9.91 Å². The Morgan fingerprint density at radius 3 is 2.89 bits per heavy atom. The molecule has 1 unspecified atom stereocenters. The van der Waals surface area contributed by atoms with Crippen LogP contribution in [0.1, 0.15) is 18.0 Å². The number of hydrogen-bond donors (Lipinski definition) is 1. The molecule has 0 radical (unpaired) electrons. The largest absolute Gasteiger partial charge is 0.370 e. The Morgan fingerprint density at radius 2 is 2.32 bits per heavy atom. The second-order valence-corrected chi connectivity index (χ2v) is 5.56. The van der Waals surface area contributed by atoms with Gasteiger partial charge < -0.3 is 5.32 Å². The van der Waals surface area contributed by atoms with Gasteiger partial charge in [0.1, 0.15) is 16.5 Å². The van der Waals surface area contributed by atoms with Crippen molar-refractivity contribution >= 4 is 38.6 Å². The molecule has 0 aliphatic carbocycles. The van der Waals surface area contributed by atoms with Gasteiger partial charge in [0.25, 0.3) is 5.69 Å². The number of nitrogens with one attached hydrogen (secondary N) is 1. The van der Waals surface area contributed by atoms with Gasteiger partial charge in [0.15, 0.2) is 0 Å². The van der Waals surface area contributed by atoms with Crippen molar-refractivity contribution in [3.8, 4) is 0 Å². The van der Waals surface area contributed by atoms with Gasteiger partial charge in [-0.25, -0.2) is 9.37 Å². The van der Waals surface area contributed by atoms with E-state index in [-0.39, 0.29) is 21.9 Å². The van der Waals surface area contributed by atoms with E-state index in [9.17, 15) is 14.5 Å². The molecule has 0 fully saturated rings. The van der Waals surface area contributed by atoms with Gasteiger partial charge in [-0.1, -0.05) is 0 Å². The van der Waals surface area contributed by atoms with Crippen LogP contribution >= 0.6 is 27.3 Å². The molecule has 1 aromatic carbocycles. The van der Waals surface area contributed by atoms with Crippen LogP contribution in [0.15, 0.2) is 28.2 Å². The van der Waals surface area contributed by atoms with Crippen molar-refractivity contribution in [1.29, 1.82) is 0 Å². The van der Waals surface area contributed by atoms with Crippen molar-refractivity contribution in [2.45, 2.75) is 13.0 Å². The molecule has 5 nitrogen and oxygen atoms in total. The van der Waals surface area contributed by atoms with Crippen LogP contribution < -0.4 is 5.32 Å².